The number of hydrogen-bond donors (Lipinski definition) is 2. The second-order valence-electron chi connectivity index (χ2n) is 7.47. The third kappa shape index (κ3) is 2.86. The maximum Gasteiger partial charge on any atom is 0.243 e. The fourth-order valence-electron chi connectivity index (χ4n) is 5.44. The summed E-state index contributed by atoms with van der Waals surface area (Å²) >= 11 is 0. The standard InChI is InChI=1S/C16H28N2O2/c1-11(18-2-3-20-10-15(17)19)16-7-12-4-13(8-16)6-14(5-12)9-16/h11-14,18H,2-10H2,1H3,(H2,17,19). The Hall–Kier alpha value is -0.610. The number of carbonyl (C=O) groups is 1. The Kier molecular flexibility index (Phi) is 4.04. The second-order valence-corrected chi connectivity index (χ2v) is 7.47. The van der Waals surface area contributed by atoms with Crippen molar-refractivity contribution in [2.45, 2.75) is 51.5 Å². The van der Waals surface area contributed by atoms with E-state index in [0.29, 0.717) is 18.1 Å². The molecule has 4 fully saturated rings. The first-order chi connectivity index (χ1) is 9.57. The molecule has 4 aliphatic rings. The van der Waals surface area contributed by atoms with Gasteiger partial charge in [0.2, 0.25) is 5.91 Å². The first-order valence-electron chi connectivity index (χ1n) is 8.17. The largest absolute Gasteiger partial charge is 0.370 e. The van der Waals surface area contributed by atoms with Gasteiger partial charge in [-0.15, -0.1) is 0 Å². The van der Waals surface area contributed by atoms with E-state index >= 15 is 0 Å². The van der Waals surface area contributed by atoms with Gasteiger partial charge in [0.25, 0.3) is 0 Å². The molecule has 4 heteroatoms. The minimum atomic E-state index is -0.390. The lowest BCUT2D eigenvalue weighted by Gasteiger charge is -2.59. The van der Waals surface area contributed by atoms with E-state index < -0.39 is 0 Å². The summed E-state index contributed by atoms with van der Waals surface area (Å²) < 4.78 is 5.23. The second kappa shape index (κ2) is 5.64. The fraction of sp³-hybridized carbons (Fsp3) is 0.938. The molecule has 0 aliphatic heterocycles. The third-order valence-electron chi connectivity index (χ3n) is 5.95. The molecule has 4 nitrogen and oxygen atoms in total. The molecule has 4 bridgehead atoms. The van der Waals surface area contributed by atoms with Crippen molar-refractivity contribution in [1.82, 2.24) is 5.32 Å². The molecule has 3 N–H and O–H groups in total. The van der Waals surface area contributed by atoms with Crippen LogP contribution in [0.2, 0.25) is 0 Å². The molecule has 0 aromatic heterocycles. The van der Waals surface area contributed by atoms with E-state index in [0.717, 1.165) is 24.3 Å². The fourth-order valence-corrected chi connectivity index (χ4v) is 5.44. The Balaban J connectivity index is 1.47. The highest BCUT2D eigenvalue weighted by Gasteiger charge is 2.52. The molecule has 0 radical (unpaired) electrons. The van der Waals surface area contributed by atoms with Crippen molar-refractivity contribution in [3.8, 4) is 0 Å². The van der Waals surface area contributed by atoms with Crippen molar-refractivity contribution in [2.24, 2.45) is 28.9 Å². The van der Waals surface area contributed by atoms with Gasteiger partial charge in [-0.3, -0.25) is 4.79 Å². The average molecular weight is 280 g/mol. The van der Waals surface area contributed by atoms with Crippen LogP contribution < -0.4 is 11.1 Å². The summed E-state index contributed by atoms with van der Waals surface area (Å²) in [5.74, 6) is 2.60. The lowest BCUT2D eigenvalue weighted by atomic mass is 9.48. The number of hydrogen-bond acceptors (Lipinski definition) is 3. The molecule has 4 aliphatic carbocycles. The van der Waals surface area contributed by atoms with Gasteiger partial charge in [-0.05, 0) is 68.6 Å². The molecular formula is C16H28N2O2. The quantitative estimate of drug-likeness (QED) is 0.697. The van der Waals surface area contributed by atoms with Gasteiger partial charge in [-0.1, -0.05) is 0 Å². The van der Waals surface area contributed by atoms with E-state index in [4.69, 9.17) is 10.5 Å². The molecule has 1 amide bonds. The molecule has 0 aromatic rings. The van der Waals surface area contributed by atoms with Crippen LogP contribution >= 0.6 is 0 Å². The summed E-state index contributed by atoms with van der Waals surface area (Å²) in [5, 5.41) is 3.64. The molecule has 1 unspecified atom stereocenters. The third-order valence-corrected chi connectivity index (χ3v) is 5.95. The van der Waals surface area contributed by atoms with Crippen LogP contribution in [0.4, 0.5) is 0 Å². The van der Waals surface area contributed by atoms with Crippen LogP contribution in [0, 0.1) is 23.2 Å². The number of ether oxygens (including phenoxy) is 1. The lowest BCUT2D eigenvalue weighted by molar-refractivity contribution is -0.122. The van der Waals surface area contributed by atoms with Gasteiger partial charge in [-0.2, -0.15) is 0 Å². The highest BCUT2D eigenvalue weighted by molar-refractivity contribution is 5.74. The average Bonchev–Trinajstić information content (AvgIpc) is 2.36. The summed E-state index contributed by atoms with van der Waals surface area (Å²) in [5.41, 5.74) is 5.59. The Labute approximate surface area is 121 Å². The van der Waals surface area contributed by atoms with E-state index in [1.54, 1.807) is 0 Å². The Morgan fingerprint density at radius 1 is 1.25 bits per heavy atom. The molecule has 0 aromatic carbocycles. The first-order valence-corrected chi connectivity index (χ1v) is 8.17. The summed E-state index contributed by atoms with van der Waals surface area (Å²) in [7, 11) is 0. The maximum atomic E-state index is 10.6. The zero-order valence-electron chi connectivity index (χ0n) is 12.6. The molecule has 0 heterocycles. The highest BCUT2D eigenvalue weighted by Crippen LogP contribution is 2.61. The number of amides is 1. The SMILES string of the molecule is CC(NCCOCC(N)=O)C12CC3CC(CC(C3)C1)C2. The van der Waals surface area contributed by atoms with Gasteiger partial charge in [-0.25, -0.2) is 0 Å². The van der Waals surface area contributed by atoms with Crippen molar-refractivity contribution in [1.29, 1.82) is 0 Å². The van der Waals surface area contributed by atoms with Gasteiger partial charge >= 0.3 is 0 Å². The first kappa shape index (κ1) is 14.3. The molecule has 4 saturated carbocycles. The summed E-state index contributed by atoms with van der Waals surface area (Å²) in [6, 6.07) is 0.563. The van der Waals surface area contributed by atoms with Crippen LogP contribution in [-0.2, 0) is 9.53 Å². The molecule has 1 atom stereocenters. The van der Waals surface area contributed by atoms with Gasteiger partial charge in [0.05, 0.1) is 6.61 Å². The molecular weight excluding hydrogens is 252 g/mol. The van der Waals surface area contributed by atoms with Crippen LogP contribution in [0.1, 0.15) is 45.4 Å². The minimum absolute atomic E-state index is 0.0351. The predicted molar refractivity (Wildman–Crippen MR) is 78.1 cm³/mol. The summed E-state index contributed by atoms with van der Waals surface area (Å²) in [4.78, 5) is 10.6. The van der Waals surface area contributed by atoms with Crippen molar-refractivity contribution in [3.63, 3.8) is 0 Å². The molecule has 114 valence electrons. The highest BCUT2D eigenvalue weighted by atomic mass is 16.5. The molecule has 20 heavy (non-hydrogen) atoms. The Morgan fingerprint density at radius 3 is 2.30 bits per heavy atom. The smallest absolute Gasteiger partial charge is 0.243 e. The van der Waals surface area contributed by atoms with E-state index in [1.807, 2.05) is 0 Å². The van der Waals surface area contributed by atoms with Crippen LogP contribution in [0.3, 0.4) is 0 Å². The Bertz CT molecular complexity index is 334. The predicted octanol–water partition coefficient (Wildman–Crippen LogP) is 1.68. The van der Waals surface area contributed by atoms with Gasteiger partial charge in [0.15, 0.2) is 0 Å². The van der Waals surface area contributed by atoms with Crippen molar-refractivity contribution in [2.75, 3.05) is 19.8 Å². The van der Waals surface area contributed by atoms with Crippen molar-refractivity contribution >= 4 is 5.91 Å². The minimum Gasteiger partial charge on any atom is -0.370 e. The zero-order chi connectivity index (χ0) is 14.2. The zero-order valence-corrected chi connectivity index (χ0v) is 12.6. The van der Waals surface area contributed by atoms with Crippen molar-refractivity contribution < 1.29 is 9.53 Å². The number of nitrogens with one attached hydrogen (secondary N) is 1. The maximum absolute atomic E-state index is 10.6. The van der Waals surface area contributed by atoms with Crippen LogP contribution in [-0.4, -0.2) is 31.7 Å². The van der Waals surface area contributed by atoms with E-state index in [1.165, 1.54) is 38.5 Å². The van der Waals surface area contributed by atoms with Crippen LogP contribution in [0.25, 0.3) is 0 Å². The normalized spacial score (nSPS) is 40.0. The van der Waals surface area contributed by atoms with E-state index in [9.17, 15) is 4.79 Å². The summed E-state index contributed by atoms with van der Waals surface area (Å²) in [6.45, 7) is 3.77. The topological polar surface area (TPSA) is 64.3 Å². The van der Waals surface area contributed by atoms with Crippen LogP contribution in [0.5, 0.6) is 0 Å². The van der Waals surface area contributed by atoms with Crippen molar-refractivity contribution in [3.05, 3.63) is 0 Å². The van der Waals surface area contributed by atoms with Gasteiger partial charge < -0.3 is 15.8 Å². The van der Waals surface area contributed by atoms with Gasteiger partial charge in [0, 0.05) is 12.6 Å². The Morgan fingerprint density at radius 2 is 1.80 bits per heavy atom. The molecule has 4 rings (SSSR count). The number of primary amides is 1. The van der Waals surface area contributed by atoms with E-state index in [2.05, 4.69) is 12.2 Å². The van der Waals surface area contributed by atoms with E-state index in [-0.39, 0.29) is 12.5 Å². The molecule has 0 saturated heterocycles. The lowest BCUT2D eigenvalue weighted by Crippen LogP contribution is -2.55. The summed E-state index contributed by atoms with van der Waals surface area (Å²) in [6.07, 6.45) is 8.76. The molecule has 0 spiro atoms. The van der Waals surface area contributed by atoms with Crippen LogP contribution in [0.15, 0.2) is 0 Å². The number of carbonyl (C=O) groups excluding carboxylic acids is 1. The number of rotatable bonds is 7. The monoisotopic (exact) mass is 280 g/mol. The van der Waals surface area contributed by atoms with Gasteiger partial charge in [0.1, 0.15) is 6.61 Å². The number of nitrogens with two attached hydrogens (primary N) is 1.